The highest BCUT2D eigenvalue weighted by molar-refractivity contribution is 6.30. The fraction of sp³-hybridized carbons (Fsp3) is 0.500. The zero-order valence-electron chi connectivity index (χ0n) is 25.5. The zero-order valence-corrected chi connectivity index (χ0v) is 26.3. The molecule has 2 aromatic rings. The molecule has 2 atom stereocenters. The van der Waals surface area contributed by atoms with Gasteiger partial charge in [0.2, 0.25) is 5.91 Å². The van der Waals surface area contributed by atoms with Crippen molar-refractivity contribution in [2.45, 2.75) is 78.8 Å². The SMILES string of the molecule is CCc1cc(Cl)cc(CC2OC(C)=CC(CN(CC(=O)NC)Cc3cc(C)c(OC(C)(C)C(=O)O)c(C)c3)N2C)c1. The molecule has 0 aromatic heterocycles. The van der Waals surface area contributed by atoms with Crippen molar-refractivity contribution < 1.29 is 24.2 Å². The van der Waals surface area contributed by atoms with Gasteiger partial charge in [-0.2, -0.15) is 0 Å². The lowest BCUT2D eigenvalue weighted by Crippen LogP contribution is -2.51. The van der Waals surface area contributed by atoms with Crippen molar-refractivity contribution in [3.05, 3.63) is 75.0 Å². The maximum atomic E-state index is 12.5. The summed E-state index contributed by atoms with van der Waals surface area (Å²) in [5.41, 5.74) is 3.69. The summed E-state index contributed by atoms with van der Waals surface area (Å²) < 4.78 is 12.1. The van der Waals surface area contributed by atoms with Gasteiger partial charge in [0.05, 0.1) is 12.3 Å². The number of benzene rings is 2. The van der Waals surface area contributed by atoms with E-state index in [-0.39, 0.29) is 24.7 Å². The number of nitrogens with one attached hydrogen (secondary N) is 1. The van der Waals surface area contributed by atoms with E-state index in [9.17, 15) is 14.7 Å². The van der Waals surface area contributed by atoms with E-state index in [1.807, 2.05) is 52.1 Å². The molecule has 1 aliphatic heterocycles. The average Bonchev–Trinajstić information content (AvgIpc) is 2.88. The highest BCUT2D eigenvalue weighted by Crippen LogP contribution is 2.30. The molecular formula is C32H44ClN3O5. The van der Waals surface area contributed by atoms with Crippen LogP contribution in [0.15, 0.2) is 42.2 Å². The van der Waals surface area contributed by atoms with Crippen molar-refractivity contribution in [1.29, 1.82) is 0 Å². The molecule has 224 valence electrons. The number of rotatable bonds is 12. The number of carboxylic acids is 1. The number of halogens is 1. The lowest BCUT2D eigenvalue weighted by molar-refractivity contribution is -0.152. The number of allylic oxidation sites excluding steroid dienone is 1. The van der Waals surface area contributed by atoms with Crippen LogP contribution >= 0.6 is 11.6 Å². The Balaban J connectivity index is 1.82. The van der Waals surface area contributed by atoms with Crippen LogP contribution in [0.3, 0.4) is 0 Å². The number of amides is 1. The van der Waals surface area contributed by atoms with Crippen LogP contribution in [-0.2, 0) is 33.7 Å². The molecule has 3 rings (SSSR count). The quantitative estimate of drug-likeness (QED) is 0.357. The number of hydrogen-bond donors (Lipinski definition) is 2. The Morgan fingerprint density at radius 1 is 1.10 bits per heavy atom. The molecule has 2 unspecified atom stereocenters. The lowest BCUT2D eigenvalue weighted by Gasteiger charge is -2.40. The molecule has 1 heterocycles. The second-order valence-electron chi connectivity index (χ2n) is 11.4. The highest BCUT2D eigenvalue weighted by atomic mass is 35.5. The monoisotopic (exact) mass is 585 g/mol. The Bertz CT molecular complexity index is 1270. The summed E-state index contributed by atoms with van der Waals surface area (Å²) in [5.74, 6) is 0.321. The minimum atomic E-state index is -1.35. The molecule has 0 saturated carbocycles. The first-order valence-corrected chi connectivity index (χ1v) is 14.4. The second kappa shape index (κ2) is 13.7. The number of aryl methyl sites for hydroxylation is 3. The average molecular weight is 586 g/mol. The Morgan fingerprint density at radius 3 is 2.32 bits per heavy atom. The number of aliphatic carboxylic acids is 1. The fourth-order valence-electron chi connectivity index (χ4n) is 5.13. The minimum absolute atomic E-state index is 0.0180. The molecule has 2 aromatic carbocycles. The standard InChI is InChI=1S/C32H44ClN3O5/c1-9-23-13-24(15-26(33)14-23)16-29-35(8)27(12-22(4)40-29)18-36(19-28(37)34-7)17-25-10-20(2)30(21(3)11-25)41-32(5,6)31(38)39/h10-15,27,29H,9,16-19H2,1-8H3,(H,34,37)(H,38,39). The van der Waals surface area contributed by atoms with Crippen LogP contribution in [0.5, 0.6) is 5.75 Å². The third kappa shape index (κ3) is 8.71. The van der Waals surface area contributed by atoms with E-state index >= 15 is 0 Å². The molecule has 0 bridgehead atoms. The third-order valence-electron chi connectivity index (χ3n) is 7.45. The molecule has 9 heteroatoms. The Kier molecular flexibility index (Phi) is 10.9. The number of likely N-dealkylation sites (N-methyl/N-ethyl adjacent to an activating group) is 2. The van der Waals surface area contributed by atoms with Crippen LogP contribution < -0.4 is 10.1 Å². The van der Waals surface area contributed by atoms with Crippen molar-refractivity contribution in [1.82, 2.24) is 15.1 Å². The molecule has 41 heavy (non-hydrogen) atoms. The third-order valence-corrected chi connectivity index (χ3v) is 7.67. The van der Waals surface area contributed by atoms with Gasteiger partial charge in [0.25, 0.3) is 0 Å². The molecule has 1 amide bonds. The van der Waals surface area contributed by atoms with E-state index in [1.54, 1.807) is 7.05 Å². The minimum Gasteiger partial charge on any atom is -0.480 e. The topological polar surface area (TPSA) is 91.3 Å². The number of hydrogen-bond acceptors (Lipinski definition) is 6. The van der Waals surface area contributed by atoms with Crippen molar-refractivity contribution in [3.63, 3.8) is 0 Å². The molecule has 0 spiro atoms. The van der Waals surface area contributed by atoms with E-state index in [2.05, 4.69) is 34.2 Å². The molecule has 0 aliphatic carbocycles. The zero-order chi connectivity index (χ0) is 30.5. The van der Waals surface area contributed by atoms with Gasteiger partial charge in [0.1, 0.15) is 5.75 Å². The molecular weight excluding hydrogens is 542 g/mol. The predicted octanol–water partition coefficient (Wildman–Crippen LogP) is 5.11. The summed E-state index contributed by atoms with van der Waals surface area (Å²) in [6.45, 7) is 12.4. The van der Waals surface area contributed by atoms with Crippen molar-refractivity contribution >= 4 is 23.5 Å². The number of nitrogens with zero attached hydrogens (tertiary/aromatic N) is 2. The summed E-state index contributed by atoms with van der Waals surface area (Å²) in [7, 11) is 3.69. The summed E-state index contributed by atoms with van der Waals surface area (Å²) in [6, 6.07) is 10.2. The molecule has 0 saturated heterocycles. The molecule has 1 aliphatic rings. The van der Waals surface area contributed by atoms with Gasteiger partial charge < -0.3 is 19.9 Å². The highest BCUT2D eigenvalue weighted by Gasteiger charge is 2.32. The summed E-state index contributed by atoms with van der Waals surface area (Å²) in [4.78, 5) is 28.4. The first kappa shape index (κ1) is 32.4. The van der Waals surface area contributed by atoms with Crippen LogP contribution in [0.4, 0.5) is 0 Å². The first-order valence-electron chi connectivity index (χ1n) is 14.0. The lowest BCUT2D eigenvalue weighted by atomic mass is 10.0. The van der Waals surface area contributed by atoms with E-state index < -0.39 is 11.6 Å². The van der Waals surface area contributed by atoms with Gasteiger partial charge in [-0.3, -0.25) is 14.6 Å². The van der Waals surface area contributed by atoms with Gasteiger partial charge in [-0.05, 0) is 94.1 Å². The van der Waals surface area contributed by atoms with Crippen molar-refractivity contribution in [2.75, 3.05) is 27.2 Å². The summed E-state index contributed by atoms with van der Waals surface area (Å²) >= 11 is 6.38. The van der Waals surface area contributed by atoms with Crippen LogP contribution in [-0.4, -0.2) is 71.8 Å². The Labute approximate surface area is 249 Å². The maximum Gasteiger partial charge on any atom is 0.347 e. The van der Waals surface area contributed by atoms with E-state index in [0.29, 0.717) is 25.3 Å². The molecule has 8 nitrogen and oxygen atoms in total. The van der Waals surface area contributed by atoms with Crippen LogP contribution in [0.25, 0.3) is 0 Å². The van der Waals surface area contributed by atoms with Crippen molar-refractivity contribution in [3.8, 4) is 5.75 Å². The Hall–Kier alpha value is -3.07. The second-order valence-corrected chi connectivity index (χ2v) is 11.9. The van der Waals surface area contributed by atoms with Gasteiger partial charge >= 0.3 is 5.97 Å². The largest absolute Gasteiger partial charge is 0.480 e. The van der Waals surface area contributed by atoms with E-state index in [0.717, 1.165) is 39.5 Å². The molecule has 0 radical (unpaired) electrons. The molecule has 0 fully saturated rings. The summed E-state index contributed by atoms with van der Waals surface area (Å²) in [5, 5.41) is 13.0. The van der Waals surface area contributed by atoms with Gasteiger partial charge in [-0.15, -0.1) is 0 Å². The van der Waals surface area contributed by atoms with Crippen LogP contribution in [0.2, 0.25) is 5.02 Å². The maximum absolute atomic E-state index is 12.5. The van der Waals surface area contributed by atoms with E-state index in [4.69, 9.17) is 21.1 Å². The number of carboxylic acid groups (broad SMARTS) is 1. The van der Waals surface area contributed by atoms with E-state index in [1.165, 1.54) is 19.4 Å². The Morgan fingerprint density at radius 2 is 1.73 bits per heavy atom. The smallest absolute Gasteiger partial charge is 0.347 e. The first-order chi connectivity index (χ1) is 19.2. The van der Waals surface area contributed by atoms with Gasteiger partial charge in [-0.25, -0.2) is 4.79 Å². The summed E-state index contributed by atoms with van der Waals surface area (Å²) in [6.07, 6.45) is 3.53. The van der Waals surface area contributed by atoms with Gasteiger partial charge in [-0.1, -0.05) is 36.7 Å². The van der Waals surface area contributed by atoms with Gasteiger partial charge in [0.15, 0.2) is 11.8 Å². The van der Waals surface area contributed by atoms with Crippen molar-refractivity contribution in [2.24, 2.45) is 0 Å². The number of ether oxygens (including phenoxy) is 2. The number of carbonyl (C=O) groups is 2. The van der Waals surface area contributed by atoms with Crippen LogP contribution in [0.1, 0.15) is 55.5 Å². The molecule has 2 N–H and O–H groups in total. The van der Waals surface area contributed by atoms with Gasteiger partial charge in [0, 0.05) is 37.6 Å². The number of carbonyl (C=O) groups excluding carboxylic acids is 1. The fourth-order valence-corrected chi connectivity index (χ4v) is 5.41. The normalized spacial score (nSPS) is 17.7. The van der Waals surface area contributed by atoms with Crippen LogP contribution in [0, 0.1) is 13.8 Å². The predicted molar refractivity (Wildman–Crippen MR) is 162 cm³/mol.